The Kier molecular flexibility index (Phi) is 3.43. The third-order valence-electron chi connectivity index (χ3n) is 4.03. The van der Waals surface area contributed by atoms with E-state index in [-0.39, 0.29) is 11.4 Å². The molecule has 4 aromatic rings. The molecule has 0 bridgehead atoms. The van der Waals surface area contributed by atoms with E-state index in [9.17, 15) is 15.2 Å². The zero-order chi connectivity index (χ0) is 17.4. The van der Waals surface area contributed by atoms with E-state index >= 15 is 0 Å². The van der Waals surface area contributed by atoms with Crippen LogP contribution in [0.1, 0.15) is 0 Å². The van der Waals surface area contributed by atoms with Gasteiger partial charge in [-0.1, -0.05) is 36.4 Å². The van der Waals surface area contributed by atoms with E-state index in [0.29, 0.717) is 5.69 Å². The standard InChI is InChI=1S/C19H13N3O3/c23-18-11-12(9-10-17(18)22(24)25)20-19-13-5-1-3-7-15(13)21-16-8-4-2-6-14(16)19/h1-11,23H,(H,20,21). The highest BCUT2D eigenvalue weighted by molar-refractivity contribution is 6.08. The van der Waals surface area contributed by atoms with Gasteiger partial charge in [0.15, 0.2) is 5.75 Å². The summed E-state index contributed by atoms with van der Waals surface area (Å²) in [5.41, 5.74) is 2.76. The van der Waals surface area contributed by atoms with Crippen molar-refractivity contribution in [3.63, 3.8) is 0 Å². The topological polar surface area (TPSA) is 88.3 Å². The summed E-state index contributed by atoms with van der Waals surface area (Å²) in [4.78, 5) is 14.9. The SMILES string of the molecule is O=[N+]([O-])c1ccc(Nc2c3ccccc3nc3ccccc23)cc1O. The number of phenolic OH excluding ortho intramolecular Hbond substituents is 1. The lowest BCUT2D eigenvalue weighted by Crippen LogP contribution is -1.96. The molecule has 0 radical (unpaired) electrons. The highest BCUT2D eigenvalue weighted by Crippen LogP contribution is 2.35. The molecule has 0 aliphatic carbocycles. The number of nitrogens with one attached hydrogen (secondary N) is 1. The number of para-hydroxylation sites is 2. The first-order valence-corrected chi connectivity index (χ1v) is 7.65. The fraction of sp³-hybridized carbons (Fsp3) is 0. The van der Waals surface area contributed by atoms with Crippen LogP contribution >= 0.6 is 0 Å². The Labute approximate surface area is 142 Å². The van der Waals surface area contributed by atoms with Crippen molar-refractivity contribution in [1.29, 1.82) is 0 Å². The van der Waals surface area contributed by atoms with Gasteiger partial charge in [-0.25, -0.2) is 4.98 Å². The minimum absolute atomic E-state index is 0.324. The van der Waals surface area contributed by atoms with E-state index in [1.54, 1.807) is 6.07 Å². The molecule has 0 unspecified atom stereocenters. The normalized spacial score (nSPS) is 10.9. The Morgan fingerprint density at radius 1 is 0.920 bits per heavy atom. The van der Waals surface area contributed by atoms with Crippen LogP contribution in [0.15, 0.2) is 66.7 Å². The highest BCUT2D eigenvalue weighted by atomic mass is 16.6. The molecular weight excluding hydrogens is 318 g/mol. The van der Waals surface area contributed by atoms with E-state index in [1.807, 2.05) is 48.5 Å². The molecule has 0 aliphatic heterocycles. The van der Waals surface area contributed by atoms with E-state index in [2.05, 4.69) is 10.3 Å². The predicted molar refractivity (Wildman–Crippen MR) is 97.3 cm³/mol. The van der Waals surface area contributed by atoms with Gasteiger partial charge in [0.2, 0.25) is 0 Å². The van der Waals surface area contributed by atoms with Crippen LogP contribution < -0.4 is 5.32 Å². The van der Waals surface area contributed by atoms with Gasteiger partial charge >= 0.3 is 5.69 Å². The summed E-state index contributed by atoms with van der Waals surface area (Å²) < 4.78 is 0. The molecule has 4 rings (SSSR count). The van der Waals surface area contributed by atoms with Gasteiger partial charge < -0.3 is 10.4 Å². The number of nitro benzene ring substituents is 1. The molecule has 0 saturated carbocycles. The summed E-state index contributed by atoms with van der Waals surface area (Å²) in [5.74, 6) is -0.377. The van der Waals surface area contributed by atoms with Gasteiger partial charge in [0.05, 0.1) is 21.6 Å². The number of anilines is 2. The van der Waals surface area contributed by atoms with Crippen LogP contribution in [-0.2, 0) is 0 Å². The minimum atomic E-state index is -0.615. The lowest BCUT2D eigenvalue weighted by Gasteiger charge is -2.13. The molecule has 6 heteroatoms. The summed E-state index contributed by atoms with van der Waals surface area (Å²) in [6.07, 6.45) is 0. The third kappa shape index (κ3) is 2.59. The second kappa shape index (κ2) is 5.76. The molecule has 122 valence electrons. The molecule has 0 aliphatic rings. The number of benzene rings is 3. The second-order valence-electron chi connectivity index (χ2n) is 5.61. The number of rotatable bonds is 3. The first-order chi connectivity index (χ1) is 12.1. The maximum absolute atomic E-state index is 10.9. The van der Waals surface area contributed by atoms with Crippen LogP contribution in [0.3, 0.4) is 0 Å². The van der Waals surface area contributed by atoms with Gasteiger partial charge in [-0.15, -0.1) is 0 Å². The van der Waals surface area contributed by atoms with Crippen LogP contribution in [0.4, 0.5) is 17.1 Å². The Morgan fingerprint density at radius 2 is 1.52 bits per heavy atom. The molecule has 6 nitrogen and oxygen atoms in total. The van der Waals surface area contributed by atoms with Crippen molar-refractivity contribution in [2.45, 2.75) is 0 Å². The van der Waals surface area contributed by atoms with Crippen molar-refractivity contribution >= 4 is 38.9 Å². The smallest absolute Gasteiger partial charge is 0.310 e. The van der Waals surface area contributed by atoms with Gasteiger partial charge in [0.25, 0.3) is 0 Å². The fourth-order valence-electron chi connectivity index (χ4n) is 2.87. The first kappa shape index (κ1) is 14.9. The summed E-state index contributed by atoms with van der Waals surface area (Å²) in [6.45, 7) is 0. The highest BCUT2D eigenvalue weighted by Gasteiger charge is 2.14. The molecule has 0 spiro atoms. The maximum atomic E-state index is 10.9. The quantitative estimate of drug-likeness (QED) is 0.321. The van der Waals surface area contributed by atoms with Crippen LogP contribution in [0.5, 0.6) is 5.75 Å². The first-order valence-electron chi connectivity index (χ1n) is 7.65. The number of aromatic nitrogens is 1. The van der Waals surface area contributed by atoms with Crippen molar-refractivity contribution in [2.24, 2.45) is 0 Å². The second-order valence-corrected chi connectivity index (χ2v) is 5.61. The van der Waals surface area contributed by atoms with E-state index < -0.39 is 4.92 Å². The van der Waals surface area contributed by atoms with Crippen molar-refractivity contribution in [2.75, 3.05) is 5.32 Å². The number of nitrogens with zero attached hydrogens (tertiary/aromatic N) is 2. The Bertz CT molecular complexity index is 1070. The number of pyridine rings is 1. The number of hydrogen-bond acceptors (Lipinski definition) is 5. The lowest BCUT2D eigenvalue weighted by atomic mass is 10.1. The average Bonchev–Trinajstić information content (AvgIpc) is 2.61. The molecule has 0 amide bonds. The van der Waals surface area contributed by atoms with Gasteiger partial charge in [0.1, 0.15) is 0 Å². The van der Waals surface area contributed by atoms with Crippen molar-refractivity contribution in [3.05, 3.63) is 76.8 Å². The minimum Gasteiger partial charge on any atom is -0.502 e. The molecule has 0 atom stereocenters. The summed E-state index contributed by atoms with van der Waals surface area (Å²) in [5, 5.41) is 25.9. The average molecular weight is 331 g/mol. The van der Waals surface area contributed by atoms with Crippen LogP contribution in [-0.4, -0.2) is 15.0 Å². The van der Waals surface area contributed by atoms with Crippen molar-refractivity contribution < 1.29 is 10.0 Å². The molecular formula is C19H13N3O3. The molecule has 3 aromatic carbocycles. The predicted octanol–water partition coefficient (Wildman–Crippen LogP) is 4.75. The molecule has 1 aromatic heterocycles. The zero-order valence-electron chi connectivity index (χ0n) is 13.0. The molecule has 25 heavy (non-hydrogen) atoms. The molecule has 0 fully saturated rings. The number of fused-ring (bicyclic) bond motifs is 2. The zero-order valence-corrected chi connectivity index (χ0v) is 13.0. The Hall–Kier alpha value is -3.67. The van der Waals surface area contributed by atoms with Gasteiger partial charge in [-0.05, 0) is 18.2 Å². The maximum Gasteiger partial charge on any atom is 0.310 e. The number of nitro groups is 1. The van der Waals surface area contributed by atoms with Crippen molar-refractivity contribution in [1.82, 2.24) is 4.98 Å². The lowest BCUT2D eigenvalue weighted by molar-refractivity contribution is -0.385. The monoisotopic (exact) mass is 331 g/mol. The van der Waals surface area contributed by atoms with Gasteiger partial charge in [0, 0.05) is 28.6 Å². The molecule has 1 heterocycles. The van der Waals surface area contributed by atoms with Crippen LogP contribution in [0.25, 0.3) is 21.8 Å². The largest absolute Gasteiger partial charge is 0.502 e. The summed E-state index contributed by atoms with van der Waals surface area (Å²) >= 11 is 0. The Balaban J connectivity index is 1.90. The third-order valence-corrected chi connectivity index (χ3v) is 4.03. The molecule has 0 saturated heterocycles. The van der Waals surface area contributed by atoms with E-state index in [1.165, 1.54) is 12.1 Å². The number of phenols is 1. The number of hydrogen-bond donors (Lipinski definition) is 2. The van der Waals surface area contributed by atoms with Crippen LogP contribution in [0.2, 0.25) is 0 Å². The molecule has 2 N–H and O–H groups in total. The summed E-state index contributed by atoms with van der Waals surface area (Å²) in [6, 6.07) is 19.7. The Morgan fingerprint density at radius 3 is 2.08 bits per heavy atom. The van der Waals surface area contributed by atoms with Gasteiger partial charge in [-0.3, -0.25) is 10.1 Å². The van der Waals surface area contributed by atoms with E-state index in [4.69, 9.17) is 0 Å². The van der Waals surface area contributed by atoms with Crippen molar-refractivity contribution in [3.8, 4) is 5.75 Å². The van der Waals surface area contributed by atoms with E-state index in [0.717, 1.165) is 27.5 Å². The van der Waals surface area contributed by atoms with Crippen LogP contribution in [0, 0.1) is 10.1 Å². The van der Waals surface area contributed by atoms with Gasteiger partial charge in [-0.2, -0.15) is 0 Å². The number of aromatic hydroxyl groups is 1. The summed E-state index contributed by atoms with van der Waals surface area (Å²) in [7, 11) is 0. The fourth-order valence-corrected chi connectivity index (χ4v) is 2.87.